The molecular weight excluding hydrogens is 230 g/mol. The van der Waals surface area contributed by atoms with E-state index in [4.69, 9.17) is 20.5 Å². The molecule has 2 atom stereocenters. The molecule has 3 nitrogen and oxygen atoms in total. The normalized spacial score (nSPS) is 17.8. The van der Waals surface area contributed by atoms with E-state index < -0.39 is 8.56 Å². The summed E-state index contributed by atoms with van der Waals surface area (Å²) in [5.41, 5.74) is 0. The van der Waals surface area contributed by atoms with Crippen LogP contribution in [0.15, 0.2) is 0 Å². The minimum Gasteiger partial charge on any atom is -0.394 e. The van der Waals surface area contributed by atoms with E-state index in [1.54, 1.807) is 0 Å². The lowest BCUT2D eigenvalue weighted by Gasteiger charge is -2.30. The van der Waals surface area contributed by atoms with Crippen LogP contribution in [0.2, 0.25) is 6.55 Å². The third-order valence-electron chi connectivity index (χ3n) is 2.29. The molecule has 0 aliphatic heterocycles. The van der Waals surface area contributed by atoms with Crippen molar-refractivity contribution in [2.24, 2.45) is 0 Å². The molecule has 0 radical (unpaired) electrons. The number of hydrogen-bond donors (Lipinski definition) is 0. The lowest BCUT2D eigenvalue weighted by molar-refractivity contribution is 0.163. The molecule has 0 spiro atoms. The van der Waals surface area contributed by atoms with E-state index in [1.807, 2.05) is 27.6 Å². The van der Waals surface area contributed by atoms with Crippen LogP contribution in [0, 0.1) is 0 Å². The standard InChI is InChI=1S/C10H24ClNO2Si/c1-6-10(11)15(5,13-7-2)14-9-8-12(3)4/h10H,6-9H2,1-5H3. The van der Waals surface area contributed by atoms with Gasteiger partial charge in [-0.25, -0.2) is 0 Å². The summed E-state index contributed by atoms with van der Waals surface area (Å²) < 4.78 is 11.6. The summed E-state index contributed by atoms with van der Waals surface area (Å²) in [5, 5.41) is 0.0274. The Morgan fingerprint density at radius 3 is 2.27 bits per heavy atom. The van der Waals surface area contributed by atoms with Crippen molar-refractivity contribution in [1.82, 2.24) is 4.90 Å². The Hall–Kier alpha value is 0.387. The van der Waals surface area contributed by atoms with E-state index in [9.17, 15) is 0 Å². The average molecular weight is 254 g/mol. The SMILES string of the molecule is CCO[Si](C)(OCCN(C)C)C(Cl)CC. The molecule has 2 unspecified atom stereocenters. The highest BCUT2D eigenvalue weighted by Crippen LogP contribution is 2.20. The molecule has 0 aromatic heterocycles. The Morgan fingerprint density at radius 2 is 1.87 bits per heavy atom. The maximum absolute atomic E-state index is 6.26. The van der Waals surface area contributed by atoms with Gasteiger partial charge in [0.15, 0.2) is 0 Å². The Morgan fingerprint density at radius 1 is 1.27 bits per heavy atom. The number of nitrogens with zero attached hydrogens (tertiary/aromatic N) is 1. The quantitative estimate of drug-likeness (QED) is 0.489. The van der Waals surface area contributed by atoms with Crippen LogP contribution in [0.4, 0.5) is 0 Å². The molecule has 0 saturated carbocycles. The molecule has 0 saturated heterocycles. The van der Waals surface area contributed by atoms with Crippen LogP contribution in [-0.2, 0) is 8.85 Å². The number of alkyl halides is 1. The summed E-state index contributed by atoms with van der Waals surface area (Å²) in [6.07, 6.45) is 0.895. The second kappa shape index (κ2) is 7.63. The van der Waals surface area contributed by atoms with Crippen molar-refractivity contribution in [2.45, 2.75) is 31.8 Å². The van der Waals surface area contributed by atoms with Crippen LogP contribution in [0.5, 0.6) is 0 Å². The van der Waals surface area contributed by atoms with Crippen LogP contribution < -0.4 is 0 Å². The minimum absolute atomic E-state index is 0.0274. The highest BCUT2D eigenvalue weighted by atomic mass is 35.5. The predicted molar refractivity (Wildman–Crippen MR) is 67.7 cm³/mol. The summed E-state index contributed by atoms with van der Waals surface area (Å²) in [4.78, 5) is 2.09. The van der Waals surface area contributed by atoms with Crippen molar-refractivity contribution >= 4 is 20.2 Å². The van der Waals surface area contributed by atoms with Crippen molar-refractivity contribution in [3.8, 4) is 0 Å². The zero-order valence-electron chi connectivity index (χ0n) is 10.5. The highest BCUT2D eigenvalue weighted by molar-refractivity contribution is 6.75. The van der Waals surface area contributed by atoms with Gasteiger partial charge in [-0.1, -0.05) is 6.92 Å². The van der Waals surface area contributed by atoms with Crippen LogP contribution >= 0.6 is 11.6 Å². The maximum Gasteiger partial charge on any atom is 0.353 e. The fraction of sp³-hybridized carbons (Fsp3) is 1.00. The molecule has 0 bridgehead atoms. The van der Waals surface area contributed by atoms with Gasteiger partial charge in [-0.3, -0.25) is 0 Å². The molecular formula is C10H24ClNO2Si. The van der Waals surface area contributed by atoms with Gasteiger partial charge in [-0.2, -0.15) is 0 Å². The van der Waals surface area contributed by atoms with Gasteiger partial charge in [0.05, 0.1) is 5.00 Å². The summed E-state index contributed by atoms with van der Waals surface area (Å²) in [6, 6.07) is 0. The van der Waals surface area contributed by atoms with E-state index in [2.05, 4.69) is 11.8 Å². The van der Waals surface area contributed by atoms with Crippen molar-refractivity contribution in [1.29, 1.82) is 0 Å². The van der Waals surface area contributed by atoms with Crippen LogP contribution in [0.25, 0.3) is 0 Å². The summed E-state index contributed by atoms with van der Waals surface area (Å²) in [7, 11) is 1.88. The van der Waals surface area contributed by atoms with Gasteiger partial charge in [0.25, 0.3) is 0 Å². The van der Waals surface area contributed by atoms with E-state index in [1.165, 1.54) is 0 Å². The Kier molecular flexibility index (Phi) is 7.82. The molecule has 0 N–H and O–H groups in total. The first kappa shape index (κ1) is 15.4. The topological polar surface area (TPSA) is 21.7 Å². The van der Waals surface area contributed by atoms with Crippen molar-refractivity contribution in [3.05, 3.63) is 0 Å². The summed E-state index contributed by atoms with van der Waals surface area (Å²) >= 11 is 6.26. The first-order valence-electron chi connectivity index (χ1n) is 5.53. The van der Waals surface area contributed by atoms with Gasteiger partial charge in [0.2, 0.25) is 0 Å². The minimum atomic E-state index is -2.18. The van der Waals surface area contributed by atoms with E-state index in [-0.39, 0.29) is 5.00 Å². The first-order valence-corrected chi connectivity index (χ1v) is 8.36. The third kappa shape index (κ3) is 5.87. The first-order chi connectivity index (χ1) is 6.96. The monoisotopic (exact) mass is 253 g/mol. The smallest absolute Gasteiger partial charge is 0.353 e. The molecule has 92 valence electrons. The van der Waals surface area contributed by atoms with E-state index in [0.29, 0.717) is 13.2 Å². The van der Waals surface area contributed by atoms with Crippen molar-refractivity contribution in [3.63, 3.8) is 0 Å². The predicted octanol–water partition coefficient (Wildman–Crippen LogP) is 2.23. The average Bonchev–Trinajstić information content (AvgIpc) is 2.16. The fourth-order valence-corrected chi connectivity index (χ4v) is 3.95. The van der Waals surface area contributed by atoms with Gasteiger partial charge >= 0.3 is 8.56 Å². The van der Waals surface area contributed by atoms with E-state index in [0.717, 1.165) is 13.0 Å². The zero-order chi connectivity index (χ0) is 11.9. The van der Waals surface area contributed by atoms with Gasteiger partial charge in [-0.05, 0) is 34.0 Å². The Bertz CT molecular complexity index is 172. The van der Waals surface area contributed by atoms with Crippen molar-refractivity contribution < 1.29 is 8.85 Å². The third-order valence-corrected chi connectivity index (χ3v) is 6.97. The number of likely N-dealkylation sites (N-methyl/N-ethyl adjacent to an activating group) is 1. The second-order valence-corrected chi connectivity index (χ2v) is 8.18. The highest BCUT2D eigenvalue weighted by Gasteiger charge is 2.38. The lowest BCUT2D eigenvalue weighted by Crippen LogP contribution is -2.49. The number of halogens is 1. The second-order valence-electron chi connectivity index (χ2n) is 3.98. The zero-order valence-corrected chi connectivity index (χ0v) is 12.3. The molecule has 0 aliphatic carbocycles. The fourth-order valence-electron chi connectivity index (χ4n) is 1.31. The van der Waals surface area contributed by atoms with Gasteiger partial charge in [0, 0.05) is 19.8 Å². The van der Waals surface area contributed by atoms with Crippen LogP contribution in [-0.4, -0.2) is 52.3 Å². The Balaban J connectivity index is 4.12. The summed E-state index contributed by atoms with van der Waals surface area (Å²) in [6.45, 7) is 8.38. The molecule has 0 heterocycles. The molecule has 0 aromatic carbocycles. The van der Waals surface area contributed by atoms with Crippen molar-refractivity contribution in [2.75, 3.05) is 33.9 Å². The Labute approximate surface area is 99.9 Å². The van der Waals surface area contributed by atoms with Gasteiger partial charge < -0.3 is 13.8 Å². The molecule has 5 heteroatoms. The number of hydrogen-bond acceptors (Lipinski definition) is 3. The molecule has 15 heavy (non-hydrogen) atoms. The molecule has 0 fully saturated rings. The van der Waals surface area contributed by atoms with Crippen LogP contribution in [0.1, 0.15) is 20.3 Å². The lowest BCUT2D eigenvalue weighted by atomic mass is 10.6. The molecule has 0 rings (SSSR count). The van der Waals surface area contributed by atoms with Gasteiger partial charge in [-0.15, -0.1) is 11.6 Å². The van der Waals surface area contributed by atoms with E-state index >= 15 is 0 Å². The number of rotatable bonds is 8. The van der Waals surface area contributed by atoms with Gasteiger partial charge in [0.1, 0.15) is 0 Å². The molecule has 0 amide bonds. The maximum atomic E-state index is 6.26. The molecule has 0 aliphatic rings. The molecule has 0 aromatic rings. The van der Waals surface area contributed by atoms with Crippen LogP contribution in [0.3, 0.4) is 0 Å². The largest absolute Gasteiger partial charge is 0.394 e. The summed E-state index contributed by atoms with van der Waals surface area (Å²) in [5.74, 6) is 0.